The molecule has 0 bridgehead atoms. The molecule has 2 N–H and O–H groups in total. The fourth-order valence-electron chi connectivity index (χ4n) is 2.60. The van der Waals surface area contributed by atoms with Crippen LogP contribution >= 0.6 is 11.3 Å². The van der Waals surface area contributed by atoms with E-state index < -0.39 is 29.4 Å². The monoisotopic (exact) mass is 451 g/mol. The van der Waals surface area contributed by atoms with Gasteiger partial charge in [0.1, 0.15) is 10.8 Å². The Morgan fingerprint density at radius 3 is 2.42 bits per heavy atom. The van der Waals surface area contributed by atoms with E-state index >= 15 is 0 Å². The SMILES string of the molecule is Cc1ccc(NC(=O)C(=O)NCCc2csc(-c3ccc(C(F)(F)F)cc3)n2)cc1F. The number of aryl methyl sites for hydroxylation is 1. The van der Waals surface area contributed by atoms with Crippen LogP contribution in [0.25, 0.3) is 10.6 Å². The molecule has 5 nitrogen and oxygen atoms in total. The van der Waals surface area contributed by atoms with Crippen LogP contribution < -0.4 is 10.6 Å². The molecule has 3 aromatic rings. The zero-order valence-electron chi connectivity index (χ0n) is 16.2. The van der Waals surface area contributed by atoms with Crippen LogP contribution in [-0.4, -0.2) is 23.3 Å². The molecule has 0 spiro atoms. The second kappa shape index (κ2) is 9.25. The number of alkyl halides is 3. The predicted octanol–water partition coefficient (Wildman–Crippen LogP) is 4.57. The molecule has 10 heteroatoms. The van der Waals surface area contributed by atoms with E-state index in [2.05, 4.69) is 15.6 Å². The highest BCUT2D eigenvalue weighted by Gasteiger charge is 2.30. The Hall–Kier alpha value is -3.27. The smallest absolute Gasteiger partial charge is 0.347 e. The van der Waals surface area contributed by atoms with Gasteiger partial charge in [0.2, 0.25) is 0 Å². The lowest BCUT2D eigenvalue weighted by molar-refractivity contribution is -0.137. The summed E-state index contributed by atoms with van der Waals surface area (Å²) in [6.45, 7) is 1.71. The minimum absolute atomic E-state index is 0.130. The molecule has 162 valence electrons. The summed E-state index contributed by atoms with van der Waals surface area (Å²) in [6, 6.07) is 8.79. The Kier molecular flexibility index (Phi) is 6.69. The van der Waals surface area contributed by atoms with Crippen LogP contribution in [0.4, 0.5) is 23.2 Å². The third-order valence-electron chi connectivity index (χ3n) is 4.31. The third-order valence-corrected chi connectivity index (χ3v) is 5.25. The number of anilines is 1. The van der Waals surface area contributed by atoms with E-state index in [0.717, 1.165) is 18.2 Å². The first-order valence-corrected chi connectivity index (χ1v) is 9.99. The highest BCUT2D eigenvalue weighted by atomic mass is 32.1. The first-order chi connectivity index (χ1) is 14.6. The largest absolute Gasteiger partial charge is 0.416 e. The molecule has 0 aliphatic rings. The summed E-state index contributed by atoms with van der Waals surface area (Å²) < 4.78 is 51.5. The maximum absolute atomic E-state index is 13.5. The van der Waals surface area contributed by atoms with Gasteiger partial charge in [0.05, 0.1) is 11.3 Å². The zero-order valence-corrected chi connectivity index (χ0v) is 17.0. The van der Waals surface area contributed by atoms with Gasteiger partial charge in [-0.05, 0) is 36.8 Å². The standard InChI is InChI=1S/C21H17F4N3O2S/c1-12-2-7-15(10-17(12)22)27-19(30)18(29)26-9-8-16-11-31-20(28-16)13-3-5-14(6-4-13)21(23,24)25/h2-7,10-11H,8-9H2,1H3,(H,26,29)(H,27,30). The zero-order chi connectivity index (χ0) is 22.6. The van der Waals surface area contributed by atoms with Crippen LogP contribution in [0.5, 0.6) is 0 Å². The van der Waals surface area contributed by atoms with Crippen molar-refractivity contribution in [3.63, 3.8) is 0 Å². The second-order valence-corrected chi connectivity index (χ2v) is 7.50. The molecule has 0 saturated heterocycles. The average Bonchev–Trinajstić information content (AvgIpc) is 3.19. The van der Waals surface area contributed by atoms with E-state index in [1.807, 2.05) is 0 Å². The summed E-state index contributed by atoms with van der Waals surface area (Å²) in [7, 11) is 0. The lowest BCUT2D eigenvalue weighted by atomic mass is 10.1. The summed E-state index contributed by atoms with van der Waals surface area (Å²) in [6.07, 6.45) is -4.07. The van der Waals surface area contributed by atoms with Crippen molar-refractivity contribution in [2.45, 2.75) is 19.5 Å². The number of hydrogen-bond acceptors (Lipinski definition) is 4. The molecule has 0 radical (unpaired) electrons. The Morgan fingerprint density at radius 1 is 1.06 bits per heavy atom. The van der Waals surface area contributed by atoms with Gasteiger partial charge in [-0.2, -0.15) is 13.2 Å². The van der Waals surface area contributed by atoms with Gasteiger partial charge in [-0.25, -0.2) is 9.37 Å². The number of aromatic nitrogens is 1. The van der Waals surface area contributed by atoms with E-state index in [4.69, 9.17) is 0 Å². The predicted molar refractivity (Wildman–Crippen MR) is 109 cm³/mol. The number of hydrogen-bond donors (Lipinski definition) is 2. The molecule has 1 heterocycles. The molecule has 0 unspecified atom stereocenters. The van der Waals surface area contributed by atoms with Crippen molar-refractivity contribution in [1.82, 2.24) is 10.3 Å². The summed E-state index contributed by atoms with van der Waals surface area (Å²) >= 11 is 1.27. The molecule has 3 rings (SSSR count). The maximum atomic E-state index is 13.5. The van der Waals surface area contributed by atoms with E-state index in [1.54, 1.807) is 12.3 Å². The van der Waals surface area contributed by atoms with Crippen molar-refractivity contribution in [2.75, 3.05) is 11.9 Å². The van der Waals surface area contributed by atoms with Crippen molar-refractivity contribution in [1.29, 1.82) is 0 Å². The first-order valence-electron chi connectivity index (χ1n) is 9.11. The summed E-state index contributed by atoms with van der Waals surface area (Å²) in [5.74, 6) is -2.29. The molecular weight excluding hydrogens is 434 g/mol. The van der Waals surface area contributed by atoms with Gasteiger partial charge in [-0.15, -0.1) is 11.3 Å². The van der Waals surface area contributed by atoms with E-state index in [1.165, 1.54) is 35.6 Å². The van der Waals surface area contributed by atoms with E-state index in [0.29, 0.717) is 28.2 Å². The Balaban J connectivity index is 1.50. The summed E-state index contributed by atoms with van der Waals surface area (Å²) in [5.41, 5.74) is 1.03. The Labute approximate surface area is 179 Å². The number of halogens is 4. The fourth-order valence-corrected chi connectivity index (χ4v) is 3.46. The van der Waals surface area contributed by atoms with Gasteiger partial charge in [-0.1, -0.05) is 18.2 Å². The summed E-state index contributed by atoms with van der Waals surface area (Å²) in [5, 5.41) is 7.04. The molecule has 1 aromatic heterocycles. The maximum Gasteiger partial charge on any atom is 0.416 e. The van der Waals surface area contributed by atoms with Crippen LogP contribution in [0, 0.1) is 12.7 Å². The molecule has 2 aromatic carbocycles. The second-order valence-electron chi connectivity index (χ2n) is 6.64. The molecule has 31 heavy (non-hydrogen) atoms. The molecule has 0 aliphatic heterocycles. The van der Waals surface area contributed by atoms with Crippen molar-refractivity contribution < 1.29 is 27.2 Å². The van der Waals surface area contributed by atoms with E-state index in [9.17, 15) is 27.2 Å². The molecule has 0 fully saturated rings. The number of nitrogens with zero attached hydrogens (tertiary/aromatic N) is 1. The molecule has 0 saturated carbocycles. The van der Waals surface area contributed by atoms with Crippen LogP contribution in [-0.2, 0) is 22.2 Å². The molecule has 2 amide bonds. The Morgan fingerprint density at radius 2 is 1.77 bits per heavy atom. The van der Waals surface area contributed by atoms with Crippen LogP contribution in [0.15, 0.2) is 47.8 Å². The van der Waals surface area contributed by atoms with Crippen molar-refractivity contribution in [3.8, 4) is 10.6 Å². The highest BCUT2D eigenvalue weighted by molar-refractivity contribution is 7.13. The number of thiazole rings is 1. The third kappa shape index (κ3) is 5.88. The Bertz CT molecular complexity index is 1090. The normalized spacial score (nSPS) is 11.3. The average molecular weight is 451 g/mol. The number of benzene rings is 2. The number of carbonyl (C=O) groups excluding carboxylic acids is 2. The molecule has 0 aliphatic carbocycles. The number of carbonyl (C=O) groups is 2. The quantitative estimate of drug-likeness (QED) is 0.441. The summed E-state index contributed by atoms with van der Waals surface area (Å²) in [4.78, 5) is 28.1. The van der Waals surface area contributed by atoms with Gasteiger partial charge in [0.25, 0.3) is 0 Å². The molecular formula is C21H17F4N3O2S. The van der Waals surface area contributed by atoms with Gasteiger partial charge >= 0.3 is 18.0 Å². The van der Waals surface area contributed by atoms with Crippen molar-refractivity contribution >= 4 is 28.8 Å². The van der Waals surface area contributed by atoms with Crippen LogP contribution in [0.3, 0.4) is 0 Å². The van der Waals surface area contributed by atoms with Gasteiger partial charge in [0.15, 0.2) is 0 Å². The first kappa shape index (κ1) is 22.4. The van der Waals surface area contributed by atoms with Crippen molar-refractivity contribution in [3.05, 3.63) is 70.5 Å². The highest BCUT2D eigenvalue weighted by Crippen LogP contribution is 2.31. The number of nitrogens with one attached hydrogen (secondary N) is 2. The lowest BCUT2D eigenvalue weighted by Crippen LogP contribution is -2.36. The minimum atomic E-state index is -4.40. The minimum Gasteiger partial charge on any atom is -0.347 e. The lowest BCUT2D eigenvalue weighted by Gasteiger charge is -2.07. The number of rotatable bonds is 5. The van der Waals surface area contributed by atoms with Gasteiger partial charge in [-0.3, -0.25) is 9.59 Å². The van der Waals surface area contributed by atoms with E-state index in [-0.39, 0.29) is 12.2 Å². The molecule has 0 atom stereocenters. The van der Waals surface area contributed by atoms with Crippen molar-refractivity contribution in [2.24, 2.45) is 0 Å². The van der Waals surface area contributed by atoms with Crippen LogP contribution in [0.2, 0.25) is 0 Å². The number of amides is 2. The topological polar surface area (TPSA) is 71.1 Å². The fraction of sp³-hybridized carbons (Fsp3) is 0.190. The van der Waals surface area contributed by atoms with Gasteiger partial charge in [0, 0.05) is 29.6 Å². The van der Waals surface area contributed by atoms with Crippen LogP contribution in [0.1, 0.15) is 16.8 Å². The van der Waals surface area contributed by atoms with Gasteiger partial charge < -0.3 is 10.6 Å².